The highest BCUT2D eigenvalue weighted by molar-refractivity contribution is 5.96. The van der Waals surface area contributed by atoms with Crippen LogP contribution in [0.3, 0.4) is 0 Å². The Morgan fingerprint density at radius 3 is 2.57 bits per heavy atom. The number of amides is 3. The third-order valence-electron chi connectivity index (χ3n) is 6.14. The minimum atomic E-state index is -0.551. The normalized spacial score (nSPS) is 13.9. The molecule has 1 saturated heterocycles. The number of hydrogen-bond acceptors (Lipinski definition) is 5. The van der Waals surface area contributed by atoms with Crippen LogP contribution in [0.25, 0.3) is 0 Å². The standard InChI is InChI=1S/C26H29N5O4/c1-30-16-21(15-29-30)25(33)28-14-18-9-11-31(12-10-18)26(34)20-6-4-5-19(13-20)17-35-23-8-3-2-7-22(23)24(27)32/h2-8,13,15-16,18H,9-12,14,17H2,1H3,(H2,27,32)(H,28,33). The quantitative estimate of drug-likeness (QED) is 0.518. The second-order valence-corrected chi connectivity index (χ2v) is 8.70. The molecule has 3 aromatic rings. The van der Waals surface area contributed by atoms with Gasteiger partial charge in [0.05, 0.1) is 17.3 Å². The van der Waals surface area contributed by atoms with Crippen LogP contribution in [0.2, 0.25) is 0 Å². The van der Waals surface area contributed by atoms with Gasteiger partial charge in [-0.1, -0.05) is 24.3 Å². The maximum Gasteiger partial charge on any atom is 0.254 e. The number of nitrogens with one attached hydrogen (secondary N) is 1. The summed E-state index contributed by atoms with van der Waals surface area (Å²) < 4.78 is 7.39. The first-order valence-electron chi connectivity index (χ1n) is 11.6. The van der Waals surface area contributed by atoms with E-state index in [1.165, 1.54) is 0 Å². The van der Waals surface area contributed by atoms with Crippen LogP contribution in [0.4, 0.5) is 0 Å². The predicted molar refractivity (Wildman–Crippen MR) is 130 cm³/mol. The number of aromatic nitrogens is 2. The number of para-hydroxylation sites is 1. The van der Waals surface area contributed by atoms with Crippen LogP contribution < -0.4 is 15.8 Å². The number of primary amides is 1. The topological polar surface area (TPSA) is 120 Å². The highest BCUT2D eigenvalue weighted by Gasteiger charge is 2.24. The van der Waals surface area contributed by atoms with Crippen molar-refractivity contribution in [3.8, 4) is 5.75 Å². The summed E-state index contributed by atoms with van der Waals surface area (Å²) in [5.41, 5.74) is 7.69. The van der Waals surface area contributed by atoms with Gasteiger partial charge in [0.15, 0.2) is 0 Å². The van der Waals surface area contributed by atoms with E-state index in [0.717, 1.165) is 18.4 Å². The molecule has 9 nitrogen and oxygen atoms in total. The number of rotatable bonds is 8. The Kier molecular flexibility index (Phi) is 7.45. The lowest BCUT2D eigenvalue weighted by molar-refractivity contribution is 0.0684. The van der Waals surface area contributed by atoms with E-state index in [1.54, 1.807) is 54.5 Å². The number of nitrogens with zero attached hydrogens (tertiary/aromatic N) is 3. The van der Waals surface area contributed by atoms with Crippen LogP contribution in [0.5, 0.6) is 5.75 Å². The first-order valence-corrected chi connectivity index (χ1v) is 11.6. The number of aryl methyl sites for hydroxylation is 1. The lowest BCUT2D eigenvalue weighted by Crippen LogP contribution is -2.41. The average molecular weight is 476 g/mol. The van der Waals surface area contributed by atoms with Gasteiger partial charge in [0, 0.05) is 38.4 Å². The molecule has 4 rings (SSSR count). The Bertz CT molecular complexity index is 1210. The maximum absolute atomic E-state index is 13.1. The smallest absolute Gasteiger partial charge is 0.254 e. The molecule has 3 N–H and O–H groups in total. The SMILES string of the molecule is Cn1cc(C(=O)NCC2CCN(C(=O)c3cccc(COc4ccccc4C(N)=O)c3)CC2)cn1. The molecule has 0 atom stereocenters. The summed E-state index contributed by atoms with van der Waals surface area (Å²) in [6.07, 6.45) is 4.88. The molecule has 0 aliphatic carbocycles. The Hall–Kier alpha value is -4.14. The summed E-state index contributed by atoms with van der Waals surface area (Å²) in [5.74, 6) is 0.0278. The molecule has 182 valence electrons. The van der Waals surface area contributed by atoms with E-state index in [2.05, 4.69) is 10.4 Å². The Balaban J connectivity index is 1.28. The van der Waals surface area contributed by atoms with Gasteiger partial charge in [-0.2, -0.15) is 5.10 Å². The third kappa shape index (κ3) is 6.06. The van der Waals surface area contributed by atoms with Crippen molar-refractivity contribution in [1.82, 2.24) is 20.0 Å². The number of hydrogen-bond donors (Lipinski definition) is 2. The molecule has 0 unspecified atom stereocenters. The molecule has 0 radical (unpaired) electrons. The van der Waals surface area contributed by atoms with Crippen molar-refractivity contribution in [1.29, 1.82) is 0 Å². The van der Waals surface area contributed by atoms with Gasteiger partial charge in [0.1, 0.15) is 12.4 Å². The zero-order chi connectivity index (χ0) is 24.8. The van der Waals surface area contributed by atoms with E-state index in [1.807, 2.05) is 23.1 Å². The van der Waals surface area contributed by atoms with Crippen molar-refractivity contribution >= 4 is 17.7 Å². The van der Waals surface area contributed by atoms with Crippen LogP contribution in [-0.2, 0) is 13.7 Å². The van der Waals surface area contributed by atoms with E-state index >= 15 is 0 Å². The van der Waals surface area contributed by atoms with Gasteiger partial charge in [-0.3, -0.25) is 19.1 Å². The molecule has 1 aliphatic heterocycles. The van der Waals surface area contributed by atoms with Crippen molar-refractivity contribution in [3.05, 3.63) is 83.2 Å². The van der Waals surface area contributed by atoms with Crippen molar-refractivity contribution in [3.63, 3.8) is 0 Å². The minimum Gasteiger partial charge on any atom is -0.488 e. The molecule has 2 aromatic carbocycles. The number of benzene rings is 2. The third-order valence-corrected chi connectivity index (χ3v) is 6.14. The van der Waals surface area contributed by atoms with Gasteiger partial charge < -0.3 is 20.7 Å². The number of carbonyl (C=O) groups excluding carboxylic acids is 3. The Morgan fingerprint density at radius 2 is 1.86 bits per heavy atom. The molecule has 1 aromatic heterocycles. The number of carbonyl (C=O) groups is 3. The highest BCUT2D eigenvalue weighted by atomic mass is 16.5. The fraction of sp³-hybridized carbons (Fsp3) is 0.308. The molecule has 1 aliphatic rings. The van der Waals surface area contributed by atoms with E-state index in [9.17, 15) is 14.4 Å². The van der Waals surface area contributed by atoms with Crippen LogP contribution in [0.15, 0.2) is 60.9 Å². The second-order valence-electron chi connectivity index (χ2n) is 8.70. The number of ether oxygens (including phenoxy) is 1. The zero-order valence-electron chi connectivity index (χ0n) is 19.6. The van der Waals surface area contributed by atoms with Crippen LogP contribution in [0, 0.1) is 5.92 Å². The summed E-state index contributed by atoms with van der Waals surface area (Å²) in [6, 6.07) is 14.1. The van der Waals surface area contributed by atoms with Gasteiger partial charge in [-0.25, -0.2) is 0 Å². The number of nitrogens with two attached hydrogens (primary N) is 1. The average Bonchev–Trinajstić information content (AvgIpc) is 3.32. The van der Waals surface area contributed by atoms with Gasteiger partial charge in [-0.05, 0) is 48.6 Å². The highest BCUT2D eigenvalue weighted by Crippen LogP contribution is 2.21. The molecular weight excluding hydrogens is 446 g/mol. The Labute approximate surface area is 203 Å². The number of likely N-dealkylation sites (tertiary alicyclic amines) is 1. The summed E-state index contributed by atoms with van der Waals surface area (Å²) in [5, 5.41) is 6.98. The molecule has 2 heterocycles. The van der Waals surface area contributed by atoms with Crippen molar-refractivity contribution < 1.29 is 19.1 Å². The zero-order valence-corrected chi connectivity index (χ0v) is 19.6. The summed E-state index contributed by atoms with van der Waals surface area (Å²) >= 11 is 0. The second kappa shape index (κ2) is 10.9. The van der Waals surface area contributed by atoms with Crippen molar-refractivity contribution in [2.45, 2.75) is 19.4 Å². The molecule has 3 amide bonds. The fourth-order valence-corrected chi connectivity index (χ4v) is 4.15. The molecule has 1 fully saturated rings. The van der Waals surface area contributed by atoms with E-state index in [0.29, 0.717) is 48.0 Å². The Morgan fingerprint density at radius 1 is 1.09 bits per heavy atom. The molecule has 0 bridgehead atoms. The van der Waals surface area contributed by atoms with Crippen molar-refractivity contribution in [2.75, 3.05) is 19.6 Å². The van der Waals surface area contributed by atoms with Crippen LogP contribution >= 0.6 is 0 Å². The summed E-state index contributed by atoms with van der Waals surface area (Å²) in [6.45, 7) is 2.07. The summed E-state index contributed by atoms with van der Waals surface area (Å²) in [7, 11) is 1.77. The molecule has 35 heavy (non-hydrogen) atoms. The minimum absolute atomic E-state index is 0.0257. The van der Waals surface area contributed by atoms with Crippen LogP contribution in [0.1, 0.15) is 49.5 Å². The summed E-state index contributed by atoms with van der Waals surface area (Å²) in [4.78, 5) is 38.7. The lowest BCUT2D eigenvalue weighted by Gasteiger charge is -2.32. The molecule has 9 heteroatoms. The lowest BCUT2D eigenvalue weighted by atomic mass is 9.96. The van der Waals surface area contributed by atoms with Gasteiger partial charge in [0.2, 0.25) is 0 Å². The monoisotopic (exact) mass is 475 g/mol. The van der Waals surface area contributed by atoms with E-state index in [4.69, 9.17) is 10.5 Å². The van der Waals surface area contributed by atoms with Crippen LogP contribution in [-0.4, -0.2) is 52.0 Å². The predicted octanol–water partition coefficient (Wildman–Crippen LogP) is 2.38. The molecule has 0 spiro atoms. The van der Waals surface area contributed by atoms with Gasteiger partial charge in [0.25, 0.3) is 17.7 Å². The van der Waals surface area contributed by atoms with E-state index < -0.39 is 5.91 Å². The van der Waals surface area contributed by atoms with Gasteiger partial charge >= 0.3 is 0 Å². The number of piperidine rings is 1. The van der Waals surface area contributed by atoms with Gasteiger partial charge in [-0.15, -0.1) is 0 Å². The van der Waals surface area contributed by atoms with Crippen molar-refractivity contribution in [2.24, 2.45) is 18.7 Å². The maximum atomic E-state index is 13.1. The first-order chi connectivity index (χ1) is 16.9. The van der Waals surface area contributed by atoms with E-state index in [-0.39, 0.29) is 18.4 Å². The molecule has 0 saturated carbocycles. The molecular formula is C26H29N5O4. The first kappa shape index (κ1) is 24.0. The largest absolute Gasteiger partial charge is 0.488 e. The fourth-order valence-electron chi connectivity index (χ4n) is 4.15.